The fourth-order valence-electron chi connectivity index (χ4n) is 6.86. The number of hydrogen-bond acceptors (Lipinski definition) is 1. The Labute approximate surface area is 245 Å². The molecular formula is C40H29NO. The van der Waals surface area contributed by atoms with Crippen LogP contribution in [-0.4, -0.2) is 4.57 Å². The number of benzene rings is 6. The van der Waals surface area contributed by atoms with E-state index in [1.54, 1.807) is 0 Å². The summed E-state index contributed by atoms with van der Waals surface area (Å²) < 4.78 is 1.94. The van der Waals surface area contributed by atoms with Gasteiger partial charge in [-0.1, -0.05) is 117 Å². The summed E-state index contributed by atoms with van der Waals surface area (Å²) in [5, 5.41) is 2.80. The summed E-state index contributed by atoms with van der Waals surface area (Å²) in [7, 11) is 0. The number of hydrogen-bond donors (Lipinski definition) is 0. The zero-order valence-electron chi connectivity index (χ0n) is 23.6. The van der Waals surface area contributed by atoms with Gasteiger partial charge in [0.25, 0.3) is 5.56 Å². The van der Waals surface area contributed by atoms with Crippen molar-refractivity contribution < 1.29 is 0 Å². The first-order valence-electron chi connectivity index (χ1n) is 14.5. The number of nitrogens with zero attached hydrogens (tertiary/aromatic N) is 1. The average molecular weight is 540 g/mol. The van der Waals surface area contributed by atoms with Crippen molar-refractivity contribution in [1.29, 1.82) is 0 Å². The quantitative estimate of drug-likeness (QED) is 0.205. The van der Waals surface area contributed by atoms with E-state index in [2.05, 4.69) is 123 Å². The standard InChI is InChI=1S/C40H29NO/c1-40(2)36-20-12-11-18-32(36)34-24-35-31-17-9-10-19-33(31)39(42)41(38(35)25-37(34)40)30-22-28(26-13-5-3-6-14-26)21-29(23-30)27-15-7-4-8-16-27/h3-25H,1-2H3. The van der Waals surface area contributed by atoms with Crippen molar-refractivity contribution >= 4 is 21.7 Å². The van der Waals surface area contributed by atoms with Crippen LogP contribution in [0.25, 0.3) is 60.7 Å². The van der Waals surface area contributed by atoms with E-state index < -0.39 is 0 Å². The minimum Gasteiger partial charge on any atom is -0.276 e. The second kappa shape index (κ2) is 9.15. The van der Waals surface area contributed by atoms with Crippen LogP contribution in [-0.2, 0) is 5.41 Å². The zero-order valence-corrected chi connectivity index (χ0v) is 23.6. The van der Waals surface area contributed by atoms with Gasteiger partial charge >= 0.3 is 0 Å². The number of fused-ring (bicyclic) bond motifs is 6. The maximum Gasteiger partial charge on any atom is 0.263 e. The summed E-state index contributed by atoms with van der Waals surface area (Å²) in [4.78, 5) is 14.5. The monoisotopic (exact) mass is 539 g/mol. The van der Waals surface area contributed by atoms with Gasteiger partial charge in [-0.2, -0.15) is 0 Å². The zero-order chi connectivity index (χ0) is 28.4. The van der Waals surface area contributed by atoms with E-state index in [0.29, 0.717) is 0 Å². The number of rotatable bonds is 3. The molecular weight excluding hydrogens is 510 g/mol. The van der Waals surface area contributed by atoms with E-state index in [4.69, 9.17) is 0 Å². The third-order valence-electron chi connectivity index (χ3n) is 8.98. The lowest BCUT2D eigenvalue weighted by Crippen LogP contribution is -2.20. The molecule has 0 atom stereocenters. The highest BCUT2D eigenvalue weighted by molar-refractivity contribution is 6.09. The van der Waals surface area contributed by atoms with Crippen LogP contribution in [0.2, 0.25) is 0 Å². The van der Waals surface area contributed by atoms with Gasteiger partial charge in [-0.25, -0.2) is 0 Å². The van der Waals surface area contributed by atoms with Crippen LogP contribution in [0.4, 0.5) is 0 Å². The molecule has 0 spiro atoms. The van der Waals surface area contributed by atoms with E-state index in [1.165, 1.54) is 22.3 Å². The summed E-state index contributed by atoms with van der Waals surface area (Å²) in [5.74, 6) is 0. The van der Waals surface area contributed by atoms with Gasteiger partial charge in [0, 0.05) is 16.2 Å². The third kappa shape index (κ3) is 3.62. The van der Waals surface area contributed by atoms with Crippen molar-refractivity contribution in [2.24, 2.45) is 0 Å². The average Bonchev–Trinajstić information content (AvgIpc) is 3.27. The normalized spacial score (nSPS) is 13.3. The van der Waals surface area contributed by atoms with Crippen molar-refractivity contribution in [2.75, 3.05) is 0 Å². The molecule has 0 aliphatic heterocycles. The smallest absolute Gasteiger partial charge is 0.263 e. The van der Waals surface area contributed by atoms with Crippen LogP contribution in [0.1, 0.15) is 25.0 Å². The molecule has 1 aliphatic carbocycles. The maximum absolute atomic E-state index is 14.5. The molecule has 0 bridgehead atoms. The van der Waals surface area contributed by atoms with Crippen LogP contribution in [0.5, 0.6) is 0 Å². The lowest BCUT2D eigenvalue weighted by atomic mass is 9.82. The second-order valence-corrected chi connectivity index (χ2v) is 11.8. The highest BCUT2D eigenvalue weighted by Crippen LogP contribution is 2.50. The second-order valence-electron chi connectivity index (χ2n) is 11.8. The van der Waals surface area contributed by atoms with E-state index in [0.717, 1.165) is 49.6 Å². The van der Waals surface area contributed by atoms with Crippen molar-refractivity contribution in [3.8, 4) is 39.1 Å². The van der Waals surface area contributed by atoms with Crippen molar-refractivity contribution in [1.82, 2.24) is 4.57 Å². The van der Waals surface area contributed by atoms with E-state index in [-0.39, 0.29) is 11.0 Å². The van der Waals surface area contributed by atoms with Crippen LogP contribution >= 0.6 is 0 Å². The maximum atomic E-state index is 14.5. The number of aromatic nitrogens is 1. The molecule has 1 heterocycles. The Morgan fingerprint density at radius 3 is 1.71 bits per heavy atom. The fourth-order valence-corrected chi connectivity index (χ4v) is 6.86. The summed E-state index contributed by atoms with van der Waals surface area (Å²) in [6, 6.07) is 48.7. The predicted molar refractivity (Wildman–Crippen MR) is 175 cm³/mol. The Morgan fingerprint density at radius 2 is 1.05 bits per heavy atom. The molecule has 2 nitrogen and oxygen atoms in total. The molecule has 2 heteroatoms. The van der Waals surface area contributed by atoms with Gasteiger partial charge in [-0.3, -0.25) is 9.36 Å². The summed E-state index contributed by atoms with van der Waals surface area (Å²) in [5.41, 5.74) is 11.1. The molecule has 6 aromatic carbocycles. The van der Waals surface area contributed by atoms with Crippen LogP contribution in [0, 0.1) is 0 Å². The molecule has 8 rings (SSSR count). The molecule has 42 heavy (non-hydrogen) atoms. The van der Waals surface area contributed by atoms with Gasteiger partial charge in [-0.15, -0.1) is 0 Å². The minimum absolute atomic E-state index is 0.00408. The van der Waals surface area contributed by atoms with Crippen molar-refractivity contribution in [3.63, 3.8) is 0 Å². The van der Waals surface area contributed by atoms with E-state index in [9.17, 15) is 4.79 Å². The van der Waals surface area contributed by atoms with Crippen LogP contribution in [0.3, 0.4) is 0 Å². The predicted octanol–water partition coefficient (Wildman–Crippen LogP) is 9.78. The Kier molecular flexibility index (Phi) is 5.36. The molecule has 0 saturated heterocycles. The largest absolute Gasteiger partial charge is 0.276 e. The van der Waals surface area contributed by atoms with E-state index >= 15 is 0 Å². The molecule has 0 N–H and O–H groups in total. The fraction of sp³-hybridized carbons (Fsp3) is 0.0750. The molecule has 0 unspecified atom stereocenters. The molecule has 7 aromatic rings. The van der Waals surface area contributed by atoms with Gasteiger partial charge in [-0.05, 0) is 86.3 Å². The highest BCUT2D eigenvalue weighted by Gasteiger charge is 2.36. The van der Waals surface area contributed by atoms with Crippen molar-refractivity contribution in [3.05, 3.63) is 161 Å². The highest BCUT2D eigenvalue weighted by atomic mass is 16.1. The molecule has 0 radical (unpaired) electrons. The lowest BCUT2D eigenvalue weighted by Gasteiger charge is -2.23. The van der Waals surface area contributed by atoms with Gasteiger partial charge in [0.2, 0.25) is 0 Å². The topological polar surface area (TPSA) is 22.0 Å². The summed E-state index contributed by atoms with van der Waals surface area (Å²) >= 11 is 0. The summed E-state index contributed by atoms with van der Waals surface area (Å²) in [6.07, 6.45) is 0. The van der Waals surface area contributed by atoms with Gasteiger partial charge in [0.1, 0.15) is 0 Å². The Morgan fingerprint density at radius 1 is 0.476 bits per heavy atom. The Balaban J connectivity index is 1.50. The molecule has 0 amide bonds. The minimum atomic E-state index is -0.173. The first kappa shape index (κ1) is 24.6. The molecule has 0 fully saturated rings. The number of pyridine rings is 1. The Hall–Kier alpha value is -5.21. The van der Waals surface area contributed by atoms with Gasteiger partial charge in [0.05, 0.1) is 11.2 Å². The van der Waals surface area contributed by atoms with Gasteiger partial charge in [0.15, 0.2) is 0 Å². The SMILES string of the molecule is CC1(C)c2ccccc2-c2cc3c4ccccc4c(=O)n(-c4cc(-c5ccccc5)cc(-c5ccccc5)c4)c3cc21. The molecule has 1 aromatic heterocycles. The first-order chi connectivity index (χ1) is 20.5. The third-order valence-corrected chi connectivity index (χ3v) is 8.98. The summed E-state index contributed by atoms with van der Waals surface area (Å²) in [6.45, 7) is 4.58. The molecule has 200 valence electrons. The van der Waals surface area contributed by atoms with E-state index in [1.807, 2.05) is 34.9 Å². The lowest BCUT2D eigenvalue weighted by molar-refractivity contribution is 0.661. The molecule has 0 saturated carbocycles. The first-order valence-corrected chi connectivity index (χ1v) is 14.5. The molecule has 1 aliphatic rings. The van der Waals surface area contributed by atoms with Crippen LogP contribution < -0.4 is 5.56 Å². The van der Waals surface area contributed by atoms with Crippen molar-refractivity contribution in [2.45, 2.75) is 19.3 Å². The van der Waals surface area contributed by atoms with Crippen LogP contribution in [0.15, 0.2) is 144 Å². The Bertz CT molecular complexity index is 2170. The van der Waals surface area contributed by atoms with Gasteiger partial charge < -0.3 is 0 Å².